The number of rotatable bonds is 7. The number of nitrogens with one attached hydrogen (secondary N) is 1. The van der Waals surface area contributed by atoms with Crippen LogP contribution in [-0.2, 0) is 14.3 Å². The van der Waals surface area contributed by atoms with Crippen molar-refractivity contribution >= 4 is 17.5 Å². The fourth-order valence-electron chi connectivity index (χ4n) is 3.22. The standard InChI is InChI=1S/C20H28N4O3/c1-16-3-5-17(6-4-16)18-7-8-20(26)24(22-18)15-19(25)21-9-2-10-23-11-13-27-14-12-23/h3-6H,2,7-15H2,1H3,(H,21,25). The van der Waals surface area contributed by atoms with E-state index < -0.39 is 0 Å². The largest absolute Gasteiger partial charge is 0.379 e. The molecule has 7 heteroatoms. The highest BCUT2D eigenvalue weighted by Crippen LogP contribution is 2.15. The molecule has 146 valence electrons. The Morgan fingerprint density at radius 2 is 1.93 bits per heavy atom. The van der Waals surface area contributed by atoms with Crippen molar-refractivity contribution in [3.63, 3.8) is 0 Å². The Morgan fingerprint density at radius 3 is 2.67 bits per heavy atom. The molecule has 0 saturated carbocycles. The Bertz CT molecular complexity index is 681. The molecule has 0 bridgehead atoms. The summed E-state index contributed by atoms with van der Waals surface area (Å²) in [6, 6.07) is 8.07. The van der Waals surface area contributed by atoms with Gasteiger partial charge in [0, 0.05) is 32.5 Å². The van der Waals surface area contributed by atoms with Crippen LogP contribution in [0.4, 0.5) is 0 Å². The zero-order valence-corrected chi connectivity index (χ0v) is 15.9. The summed E-state index contributed by atoms with van der Waals surface area (Å²) in [6.45, 7) is 7.03. The van der Waals surface area contributed by atoms with Crippen molar-refractivity contribution in [1.29, 1.82) is 0 Å². The van der Waals surface area contributed by atoms with Crippen LogP contribution >= 0.6 is 0 Å². The van der Waals surface area contributed by atoms with Gasteiger partial charge in [0.2, 0.25) is 11.8 Å². The molecule has 0 aromatic heterocycles. The number of aryl methyl sites for hydroxylation is 1. The van der Waals surface area contributed by atoms with Gasteiger partial charge in [-0.25, -0.2) is 5.01 Å². The topological polar surface area (TPSA) is 74.2 Å². The summed E-state index contributed by atoms with van der Waals surface area (Å²) >= 11 is 0. The van der Waals surface area contributed by atoms with Gasteiger partial charge in [-0.05, 0) is 25.5 Å². The molecule has 2 aliphatic heterocycles. The Morgan fingerprint density at radius 1 is 1.19 bits per heavy atom. The summed E-state index contributed by atoms with van der Waals surface area (Å²) < 4.78 is 5.32. The number of carbonyl (C=O) groups excluding carboxylic acids is 2. The molecule has 0 spiro atoms. The molecule has 0 aliphatic carbocycles. The summed E-state index contributed by atoms with van der Waals surface area (Å²) in [7, 11) is 0. The molecule has 3 rings (SSSR count). The lowest BCUT2D eigenvalue weighted by Gasteiger charge is -2.26. The number of hydrogen-bond acceptors (Lipinski definition) is 5. The predicted octanol–water partition coefficient (Wildman–Crippen LogP) is 1.16. The molecule has 2 amide bonds. The summed E-state index contributed by atoms with van der Waals surface area (Å²) in [5, 5.41) is 8.62. The average Bonchev–Trinajstić information content (AvgIpc) is 2.68. The van der Waals surface area contributed by atoms with Crippen LogP contribution in [0.15, 0.2) is 29.4 Å². The maximum Gasteiger partial charge on any atom is 0.243 e. The number of morpholine rings is 1. The molecule has 1 N–H and O–H groups in total. The third-order valence-corrected chi connectivity index (χ3v) is 4.86. The molecule has 0 radical (unpaired) electrons. The van der Waals surface area contributed by atoms with E-state index in [4.69, 9.17) is 4.74 Å². The van der Waals surface area contributed by atoms with Gasteiger partial charge in [0.25, 0.3) is 0 Å². The SMILES string of the molecule is Cc1ccc(C2=NN(CC(=O)NCCCN3CCOCC3)C(=O)CC2)cc1. The molecular formula is C20H28N4O3. The van der Waals surface area contributed by atoms with Crippen LogP contribution in [0.25, 0.3) is 0 Å². The van der Waals surface area contributed by atoms with Gasteiger partial charge in [-0.2, -0.15) is 5.10 Å². The van der Waals surface area contributed by atoms with Crippen LogP contribution in [-0.4, -0.2) is 73.4 Å². The summed E-state index contributed by atoms with van der Waals surface area (Å²) in [5.41, 5.74) is 3.04. The molecule has 2 heterocycles. The van der Waals surface area contributed by atoms with E-state index >= 15 is 0 Å². The van der Waals surface area contributed by atoms with E-state index in [1.807, 2.05) is 31.2 Å². The van der Waals surface area contributed by atoms with Crippen molar-refractivity contribution in [1.82, 2.24) is 15.2 Å². The van der Waals surface area contributed by atoms with E-state index in [1.165, 1.54) is 10.6 Å². The van der Waals surface area contributed by atoms with Crippen molar-refractivity contribution < 1.29 is 14.3 Å². The predicted molar refractivity (Wildman–Crippen MR) is 104 cm³/mol. The Balaban J connectivity index is 1.46. The van der Waals surface area contributed by atoms with Crippen molar-refractivity contribution in [2.45, 2.75) is 26.2 Å². The van der Waals surface area contributed by atoms with Crippen LogP contribution < -0.4 is 5.32 Å². The lowest BCUT2D eigenvalue weighted by molar-refractivity contribution is -0.136. The average molecular weight is 372 g/mol. The molecule has 0 atom stereocenters. The monoisotopic (exact) mass is 372 g/mol. The van der Waals surface area contributed by atoms with E-state index in [2.05, 4.69) is 15.3 Å². The number of hydrogen-bond donors (Lipinski definition) is 1. The van der Waals surface area contributed by atoms with Gasteiger partial charge in [0.15, 0.2) is 0 Å². The first-order valence-corrected chi connectivity index (χ1v) is 9.63. The highest BCUT2D eigenvalue weighted by molar-refractivity contribution is 6.04. The summed E-state index contributed by atoms with van der Waals surface area (Å²) in [5.74, 6) is -0.270. The normalized spacial score (nSPS) is 18.3. The molecule has 1 fully saturated rings. The lowest BCUT2D eigenvalue weighted by atomic mass is 10.0. The van der Waals surface area contributed by atoms with E-state index in [-0.39, 0.29) is 18.4 Å². The number of ether oxygens (including phenoxy) is 1. The molecular weight excluding hydrogens is 344 g/mol. The second-order valence-corrected chi connectivity index (χ2v) is 7.02. The minimum absolute atomic E-state index is 0.0221. The number of hydrazone groups is 1. The first kappa shape index (κ1) is 19.5. The van der Waals surface area contributed by atoms with E-state index in [9.17, 15) is 9.59 Å². The van der Waals surface area contributed by atoms with Crippen molar-refractivity contribution in [3.05, 3.63) is 35.4 Å². The Hall–Kier alpha value is -2.25. The smallest absolute Gasteiger partial charge is 0.243 e. The quantitative estimate of drug-likeness (QED) is 0.729. The molecule has 27 heavy (non-hydrogen) atoms. The van der Waals surface area contributed by atoms with Gasteiger partial charge in [0.05, 0.1) is 18.9 Å². The van der Waals surface area contributed by atoms with Crippen LogP contribution in [0, 0.1) is 6.92 Å². The minimum atomic E-state index is -0.167. The van der Waals surface area contributed by atoms with Crippen molar-refractivity contribution in [3.8, 4) is 0 Å². The van der Waals surface area contributed by atoms with Gasteiger partial charge < -0.3 is 10.1 Å². The first-order chi connectivity index (χ1) is 13.1. The van der Waals surface area contributed by atoms with Crippen LogP contribution in [0.2, 0.25) is 0 Å². The molecule has 1 aromatic rings. The maximum atomic E-state index is 12.2. The van der Waals surface area contributed by atoms with Gasteiger partial charge in [-0.3, -0.25) is 14.5 Å². The van der Waals surface area contributed by atoms with Gasteiger partial charge >= 0.3 is 0 Å². The molecule has 7 nitrogen and oxygen atoms in total. The molecule has 2 aliphatic rings. The summed E-state index contributed by atoms with van der Waals surface area (Å²) in [4.78, 5) is 26.6. The minimum Gasteiger partial charge on any atom is -0.379 e. The Labute approximate surface area is 160 Å². The van der Waals surface area contributed by atoms with Gasteiger partial charge in [-0.15, -0.1) is 0 Å². The fourth-order valence-corrected chi connectivity index (χ4v) is 3.22. The third kappa shape index (κ3) is 5.87. The lowest BCUT2D eigenvalue weighted by Crippen LogP contribution is -2.41. The highest BCUT2D eigenvalue weighted by Gasteiger charge is 2.23. The molecule has 1 saturated heterocycles. The fraction of sp³-hybridized carbons (Fsp3) is 0.550. The van der Waals surface area contributed by atoms with Crippen LogP contribution in [0.1, 0.15) is 30.4 Å². The van der Waals surface area contributed by atoms with Crippen molar-refractivity contribution in [2.24, 2.45) is 5.10 Å². The first-order valence-electron chi connectivity index (χ1n) is 9.63. The van der Waals surface area contributed by atoms with Crippen molar-refractivity contribution in [2.75, 3.05) is 45.9 Å². The molecule has 0 unspecified atom stereocenters. The zero-order chi connectivity index (χ0) is 19.1. The van der Waals surface area contributed by atoms with E-state index in [1.54, 1.807) is 0 Å². The van der Waals surface area contributed by atoms with Crippen LogP contribution in [0.3, 0.4) is 0 Å². The van der Waals surface area contributed by atoms with E-state index in [0.29, 0.717) is 19.4 Å². The van der Waals surface area contributed by atoms with Crippen LogP contribution in [0.5, 0.6) is 0 Å². The number of carbonyl (C=O) groups is 2. The van der Waals surface area contributed by atoms with E-state index in [0.717, 1.165) is 50.5 Å². The second-order valence-electron chi connectivity index (χ2n) is 7.02. The third-order valence-electron chi connectivity index (χ3n) is 4.86. The number of amides is 2. The zero-order valence-electron chi connectivity index (χ0n) is 15.9. The highest BCUT2D eigenvalue weighted by atomic mass is 16.5. The Kier molecular flexibility index (Phi) is 6.95. The van der Waals surface area contributed by atoms with Gasteiger partial charge in [-0.1, -0.05) is 29.8 Å². The number of nitrogens with zero attached hydrogens (tertiary/aromatic N) is 3. The molecule has 1 aromatic carbocycles. The number of benzene rings is 1. The summed E-state index contributed by atoms with van der Waals surface area (Å²) in [6.07, 6.45) is 1.88. The van der Waals surface area contributed by atoms with Gasteiger partial charge in [0.1, 0.15) is 6.54 Å². The second kappa shape index (κ2) is 9.62. The maximum absolute atomic E-state index is 12.2.